The second-order valence-electron chi connectivity index (χ2n) is 8.85. The molecule has 2 aromatic carbocycles. The van der Waals surface area contributed by atoms with Crippen LogP contribution in [-0.4, -0.2) is 48.8 Å². The SMILES string of the molecule is Cc1cccc(NC(=O)Nc2ccc(Oc3ccnc(-c4cc(C(=O)NS(C)(=O)=CCC(=O)O)c[nH]4)c3)cc2)c1. The predicted molar refractivity (Wildman–Crippen MR) is 154 cm³/mol. The molecular weight excluding hydrogens is 534 g/mol. The average Bonchev–Trinajstić information content (AvgIpc) is 3.40. The molecule has 4 aromatic rings. The number of aromatic amines is 1. The molecule has 0 radical (unpaired) electrons. The van der Waals surface area contributed by atoms with Crippen molar-refractivity contribution in [3.8, 4) is 22.9 Å². The monoisotopic (exact) mass is 561 g/mol. The van der Waals surface area contributed by atoms with Crippen LogP contribution in [0.3, 0.4) is 0 Å². The minimum atomic E-state index is -2.98. The third-order valence-corrected chi connectivity index (χ3v) is 6.84. The van der Waals surface area contributed by atoms with Crippen molar-refractivity contribution in [1.82, 2.24) is 14.7 Å². The Morgan fingerprint density at radius 3 is 2.48 bits per heavy atom. The highest BCUT2D eigenvalue weighted by Crippen LogP contribution is 2.26. The molecule has 12 heteroatoms. The highest BCUT2D eigenvalue weighted by atomic mass is 32.2. The number of amides is 3. The number of hydrogen-bond acceptors (Lipinski definition) is 6. The summed E-state index contributed by atoms with van der Waals surface area (Å²) >= 11 is 0. The molecule has 0 spiro atoms. The number of aromatic nitrogens is 2. The summed E-state index contributed by atoms with van der Waals surface area (Å²) in [6, 6.07) is 18.9. The van der Waals surface area contributed by atoms with E-state index in [1.807, 2.05) is 31.2 Å². The van der Waals surface area contributed by atoms with E-state index in [-0.39, 0.29) is 11.6 Å². The average molecular weight is 562 g/mol. The third kappa shape index (κ3) is 7.95. The lowest BCUT2D eigenvalue weighted by Crippen LogP contribution is -2.31. The van der Waals surface area contributed by atoms with Gasteiger partial charge in [-0.1, -0.05) is 12.1 Å². The first-order valence-corrected chi connectivity index (χ1v) is 14.0. The molecule has 2 aromatic heterocycles. The Hall–Kier alpha value is -5.10. The number of carbonyl (C=O) groups excluding carboxylic acids is 2. The Morgan fingerprint density at radius 2 is 1.75 bits per heavy atom. The molecule has 0 saturated heterocycles. The smallest absolute Gasteiger partial charge is 0.323 e. The molecule has 5 N–H and O–H groups in total. The molecule has 4 rings (SSSR count). The van der Waals surface area contributed by atoms with Crippen LogP contribution in [0.4, 0.5) is 16.2 Å². The van der Waals surface area contributed by atoms with Gasteiger partial charge in [0, 0.05) is 45.8 Å². The third-order valence-electron chi connectivity index (χ3n) is 5.45. The predicted octanol–water partition coefficient (Wildman–Crippen LogP) is 4.66. The Bertz CT molecular complexity index is 1670. The summed E-state index contributed by atoms with van der Waals surface area (Å²) in [6.07, 6.45) is 3.81. The molecule has 2 heterocycles. The summed E-state index contributed by atoms with van der Waals surface area (Å²) in [5, 5.41) is 15.4. The molecule has 0 aliphatic rings. The number of hydrogen-bond donors (Lipinski definition) is 5. The van der Waals surface area contributed by atoms with Crippen molar-refractivity contribution in [3.05, 3.63) is 90.3 Å². The number of carbonyl (C=O) groups is 3. The van der Waals surface area contributed by atoms with Gasteiger partial charge in [0.2, 0.25) is 0 Å². The maximum absolute atomic E-state index is 12.5. The molecule has 0 aliphatic carbocycles. The van der Waals surface area contributed by atoms with Crippen LogP contribution in [0, 0.1) is 6.92 Å². The molecule has 1 atom stereocenters. The maximum Gasteiger partial charge on any atom is 0.323 e. The molecular formula is C28H27N5O6S. The number of aryl methyl sites for hydroxylation is 1. The van der Waals surface area contributed by atoms with Crippen molar-refractivity contribution in [3.63, 3.8) is 0 Å². The lowest BCUT2D eigenvalue weighted by molar-refractivity contribution is -0.135. The van der Waals surface area contributed by atoms with E-state index in [4.69, 9.17) is 9.84 Å². The van der Waals surface area contributed by atoms with E-state index in [0.29, 0.717) is 34.3 Å². The zero-order valence-electron chi connectivity index (χ0n) is 21.6. The normalized spacial score (nSPS) is 12.1. The van der Waals surface area contributed by atoms with Crippen LogP contribution in [0.15, 0.2) is 79.1 Å². The van der Waals surface area contributed by atoms with E-state index >= 15 is 0 Å². The minimum absolute atomic E-state index is 0.205. The van der Waals surface area contributed by atoms with Crippen LogP contribution in [0.1, 0.15) is 22.3 Å². The molecule has 0 bridgehead atoms. The number of nitrogens with one attached hydrogen (secondary N) is 4. The van der Waals surface area contributed by atoms with E-state index in [2.05, 4.69) is 25.3 Å². The number of anilines is 2. The van der Waals surface area contributed by atoms with Crippen LogP contribution in [-0.2, 0) is 14.5 Å². The van der Waals surface area contributed by atoms with E-state index in [1.54, 1.807) is 42.6 Å². The summed E-state index contributed by atoms with van der Waals surface area (Å²) in [6.45, 7) is 1.95. The zero-order valence-corrected chi connectivity index (χ0v) is 22.5. The number of ether oxygens (including phenoxy) is 1. The molecule has 1 unspecified atom stereocenters. The fourth-order valence-electron chi connectivity index (χ4n) is 3.57. The Balaban J connectivity index is 1.37. The quantitative estimate of drug-likeness (QED) is 0.186. The van der Waals surface area contributed by atoms with Gasteiger partial charge in [-0.15, -0.1) is 0 Å². The number of pyridine rings is 1. The van der Waals surface area contributed by atoms with E-state index < -0.39 is 28.0 Å². The zero-order chi connectivity index (χ0) is 28.7. The van der Waals surface area contributed by atoms with Crippen LogP contribution in [0.2, 0.25) is 0 Å². The van der Waals surface area contributed by atoms with Crippen LogP contribution in [0.25, 0.3) is 11.4 Å². The number of urea groups is 1. The highest BCUT2D eigenvalue weighted by Gasteiger charge is 2.14. The lowest BCUT2D eigenvalue weighted by Gasteiger charge is -2.10. The van der Waals surface area contributed by atoms with Gasteiger partial charge in [0.25, 0.3) is 5.91 Å². The Kier molecular flexibility index (Phi) is 8.50. The van der Waals surface area contributed by atoms with Crippen molar-refractivity contribution in [2.24, 2.45) is 0 Å². The number of carboxylic acids is 1. The first kappa shape index (κ1) is 27.9. The fourth-order valence-corrected chi connectivity index (χ4v) is 4.60. The van der Waals surface area contributed by atoms with Gasteiger partial charge < -0.3 is 25.5 Å². The molecule has 0 aliphatic heterocycles. The molecule has 0 fully saturated rings. The van der Waals surface area contributed by atoms with Crippen molar-refractivity contribution >= 4 is 44.4 Å². The number of benzene rings is 2. The second-order valence-corrected chi connectivity index (χ2v) is 11.2. The number of carboxylic acid groups (broad SMARTS) is 1. The summed E-state index contributed by atoms with van der Waals surface area (Å²) in [4.78, 5) is 42.8. The summed E-state index contributed by atoms with van der Waals surface area (Å²) in [5.41, 5.74) is 3.54. The van der Waals surface area contributed by atoms with Crippen molar-refractivity contribution in [2.75, 3.05) is 16.9 Å². The fraction of sp³-hybridized carbons (Fsp3) is 0.107. The number of H-pyrrole nitrogens is 1. The largest absolute Gasteiger partial charge is 0.481 e. The van der Waals surface area contributed by atoms with Gasteiger partial charge in [0.15, 0.2) is 0 Å². The standard InChI is InChI=1S/C28H27N5O6S/c1-18-4-3-5-21(14-18)32-28(37)31-20-6-8-22(9-7-20)39-23-10-12-29-25(16-23)24-15-19(17-30-24)27(36)33-40(2,38)13-11-26(34)35/h3-10,12-17,30H,11H2,1-2H3,(H,34,35)(H2,31,32,37)(H,33,36,38). The molecule has 206 valence electrons. The van der Waals surface area contributed by atoms with Crippen molar-refractivity contribution in [2.45, 2.75) is 13.3 Å². The Labute approximate surface area is 230 Å². The van der Waals surface area contributed by atoms with E-state index in [0.717, 1.165) is 10.9 Å². The van der Waals surface area contributed by atoms with Gasteiger partial charge in [-0.05, 0) is 66.4 Å². The van der Waals surface area contributed by atoms with Crippen LogP contribution < -0.4 is 20.1 Å². The van der Waals surface area contributed by atoms with Crippen LogP contribution in [0.5, 0.6) is 11.5 Å². The Morgan fingerprint density at radius 1 is 1.00 bits per heavy atom. The molecule has 40 heavy (non-hydrogen) atoms. The number of nitrogens with zero attached hydrogens (tertiary/aromatic N) is 1. The summed E-state index contributed by atoms with van der Waals surface area (Å²) in [5.74, 6) is -0.743. The van der Waals surface area contributed by atoms with E-state index in [1.165, 1.54) is 18.5 Å². The lowest BCUT2D eigenvalue weighted by atomic mass is 10.2. The van der Waals surface area contributed by atoms with Crippen molar-refractivity contribution < 1.29 is 28.4 Å². The van der Waals surface area contributed by atoms with Gasteiger partial charge in [-0.3, -0.25) is 19.3 Å². The minimum Gasteiger partial charge on any atom is -0.481 e. The first-order valence-electron chi connectivity index (χ1n) is 12.0. The first-order chi connectivity index (χ1) is 19.1. The highest BCUT2D eigenvalue weighted by molar-refractivity contribution is 7.99. The second kappa shape index (κ2) is 12.2. The molecule has 0 saturated carbocycles. The van der Waals surface area contributed by atoms with Gasteiger partial charge >= 0.3 is 12.0 Å². The number of aliphatic carboxylic acids is 1. The maximum atomic E-state index is 12.5. The molecule has 11 nitrogen and oxygen atoms in total. The van der Waals surface area contributed by atoms with Crippen molar-refractivity contribution in [1.29, 1.82) is 0 Å². The van der Waals surface area contributed by atoms with Gasteiger partial charge in [0.1, 0.15) is 11.5 Å². The molecule has 3 amide bonds. The van der Waals surface area contributed by atoms with Crippen LogP contribution >= 0.6 is 0 Å². The van der Waals surface area contributed by atoms with Gasteiger partial charge in [0.05, 0.1) is 23.4 Å². The van der Waals surface area contributed by atoms with E-state index in [9.17, 15) is 18.6 Å². The summed E-state index contributed by atoms with van der Waals surface area (Å²) < 4.78 is 20.7. The number of rotatable bonds is 9. The van der Waals surface area contributed by atoms with Gasteiger partial charge in [-0.25, -0.2) is 9.00 Å². The summed E-state index contributed by atoms with van der Waals surface area (Å²) in [7, 11) is -2.98. The topological polar surface area (TPSA) is 163 Å². The van der Waals surface area contributed by atoms with Gasteiger partial charge in [-0.2, -0.15) is 0 Å².